The van der Waals surface area contributed by atoms with Crippen molar-refractivity contribution in [3.05, 3.63) is 33.6 Å². The van der Waals surface area contributed by atoms with Crippen molar-refractivity contribution in [2.75, 3.05) is 18.5 Å². The van der Waals surface area contributed by atoms with Crippen LogP contribution in [0.1, 0.15) is 33.8 Å². The van der Waals surface area contributed by atoms with E-state index in [9.17, 15) is 9.59 Å². The average Bonchev–Trinajstić information content (AvgIpc) is 3.40. The molecule has 0 aromatic carbocycles. The van der Waals surface area contributed by atoms with Crippen molar-refractivity contribution < 1.29 is 14.3 Å². The third-order valence-corrected chi connectivity index (χ3v) is 6.28. The maximum absolute atomic E-state index is 12.4. The molecule has 0 saturated carbocycles. The Morgan fingerprint density at radius 2 is 2.31 bits per heavy atom. The highest BCUT2D eigenvalue weighted by atomic mass is 32.2. The van der Waals surface area contributed by atoms with Crippen molar-refractivity contribution in [2.24, 2.45) is 0 Å². The van der Waals surface area contributed by atoms with Crippen LogP contribution in [0.25, 0.3) is 0 Å². The molecule has 0 spiro atoms. The minimum Gasteiger partial charge on any atom is -0.376 e. The third kappa shape index (κ3) is 3.79. The van der Waals surface area contributed by atoms with Crippen LogP contribution in [0, 0.1) is 0 Å². The van der Waals surface area contributed by atoms with Gasteiger partial charge in [-0.05, 0) is 24.3 Å². The zero-order valence-electron chi connectivity index (χ0n) is 14.2. The highest BCUT2D eigenvalue weighted by Gasteiger charge is 2.25. The van der Waals surface area contributed by atoms with Gasteiger partial charge in [-0.3, -0.25) is 9.59 Å². The largest absolute Gasteiger partial charge is 0.376 e. The molecule has 1 saturated heterocycles. The van der Waals surface area contributed by atoms with Crippen molar-refractivity contribution >= 4 is 40.7 Å². The second-order valence-electron chi connectivity index (χ2n) is 6.29. The number of amides is 2. The van der Waals surface area contributed by atoms with Gasteiger partial charge in [-0.1, -0.05) is 6.07 Å². The van der Waals surface area contributed by atoms with Gasteiger partial charge in [0, 0.05) is 30.2 Å². The molecule has 2 aromatic rings. The number of fused-ring (bicyclic) bond motifs is 1. The molecule has 2 aliphatic rings. The van der Waals surface area contributed by atoms with E-state index in [0.717, 1.165) is 42.2 Å². The summed E-state index contributed by atoms with van der Waals surface area (Å²) in [4.78, 5) is 25.4. The monoisotopic (exact) mass is 392 g/mol. The number of aromatic nitrogens is 2. The highest BCUT2D eigenvalue weighted by Crippen LogP contribution is 2.35. The second kappa shape index (κ2) is 7.81. The summed E-state index contributed by atoms with van der Waals surface area (Å²) in [7, 11) is 0. The number of carbonyl (C=O) groups excluding carboxylic acids is 2. The van der Waals surface area contributed by atoms with Crippen LogP contribution in [0.3, 0.4) is 0 Å². The van der Waals surface area contributed by atoms with Gasteiger partial charge in [0.2, 0.25) is 5.91 Å². The van der Waals surface area contributed by atoms with E-state index in [1.807, 2.05) is 11.4 Å². The van der Waals surface area contributed by atoms with Gasteiger partial charge in [0.05, 0.1) is 16.7 Å². The fraction of sp³-hybridized carbons (Fsp3) is 0.471. The van der Waals surface area contributed by atoms with Crippen LogP contribution in [0.4, 0.5) is 5.82 Å². The summed E-state index contributed by atoms with van der Waals surface area (Å²) in [5.41, 5.74) is 1.97. The molecule has 2 aromatic heterocycles. The number of anilines is 1. The minimum absolute atomic E-state index is 0.0877. The predicted molar refractivity (Wildman–Crippen MR) is 101 cm³/mol. The Morgan fingerprint density at radius 3 is 3.08 bits per heavy atom. The van der Waals surface area contributed by atoms with E-state index in [1.165, 1.54) is 11.3 Å². The number of hydrogen-bond donors (Lipinski definition) is 2. The lowest BCUT2D eigenvalue weighted by Gasteiger charge is -2.13. The van der Waals surface area contributed by atoms with Crippen LogP contribution in [0.15, 0.2) is 17.5 Å². The van der Waals surface area contributed by atoms with E-state index in [2.05, 4.69) is 15.7 Å². The van der Waals surface area contributed by atoms with E-state index < -0.39 is 0 Å². The Labute approximate surface area is 159 Å². The summed E-state index contributed by atoms with van der Waals surface area (Å²) >= 11 is 3.15. The molecule has 0 radical (unpaired) electrons. The lowest BCUT2D eigenvalue weighted by atomic mass is 10.2. The molecular formula is C17H20N4O3S2. The molecule has 2 N–H and O–H groups in total. The Kier molecular flexibility index (Phi) is 5.28. The fourth-order valence-corrected chi connectivity index (χ4v) is 4.78. The van der Waals surface area contributed by atoms with Gasteiger partial charge in [-0.25, -0.2) is 4.68 Å². The fourth-order valence-electron chi connectivity index (χ4n) is 3.12. The molecule has 0 bridgehead atoms. The van der Waals surface area contributed by atoms with Crippen molar-refractivity contribution in [2.45, 2.75) is 37.0 Å². The van der Waals surface area contributed by atoms with Crippen LogP contribution in [-0.4, -0.2) is 40.9 Å². The molecule has 1 unspecified atom stereocenters. The van der Waals surface area contributed by atoms with Gasteiger partial charge in [-0.2, -0.15) is 16.9 Å². The highest BCUT2D eigenvalue weighted by molar-refractivity contribution is 7.98. The van der Waals surface area contributed by atoms with Gasteiger partial charge in [-0.15, -0.1) is 11.3 Å². The molecule has 1 fully saturated rings. The minimum atomic E-state index is -0.166. The van der Waals surface area contributed by atoms with Crippen LogP contribution in [-0.2, 0) is 27.6 Å². The summed E-state index contributed by atoms with van der Waals surface area (Å²) < 4.78 is 7.14. The first-order chi connectivity index (χ1) is 12.7. The Hall–Kier alpha value is -1.84. The van der Waals surface area contributed by atoms with Gasteiger partial charge < -0.3 is 15.4 Å². The number of rotatable bonds is 6. The molecule has 4 heterocycles. The maximum Gasteiger partial charge on any atom is 0.266 e. The first kappa shape index (κ1) is 17.6. The van der Waals surface area contributed by atoms with Crippen molar-refractivity contribution in [1.82, 2.24) is 15.1 Å². The number of nitrogens with zero attached hydrogens (tertiary/aromatic N) is 2. The van der Waals surface area contributed by atoms with Crippen LogP contribution >= 0.6 is 23.1 Å². The van der Waals surface area contributed by atoms with Crippen LogP contribution in [0.2, 0.25) is 0 Å². The SMILES string of the molecule is O=C(Cn1nc2c(c1NC(=O)c1cccs1)CSC2)NCC1CCCO1. The Balaban J connectivity index is 1.45. The molecule has 2 amide bonds. The summed E-state index contributed by atoms with van der Waals surface area (Å²) in [5.74, 6) is 1.95. The van der Waals surface area contributed by atoms with Crippen molar-refractivity contribution in [3.8, 4) is 0 Å². The number of nitrogens with one attached hydrogen (secondary N) is 2. The molecule has 0 aliphatic carbocycles. The topological polar surface area (TPSA) is 85.2 Å². The van der Waals surface area contributed by atoms with Gasteiger partial charge in [0.15, 0.2) is 0 Å². The van der Waals surface area contributed by atoms with E-state index in [0.29, 0.717) is 17.2 Å². The summed E-state index contributed by atoms with van der Waals surface area (Å²) in [5, 5.41) is 12.3. The van der Waals surface area contributed by atoms with E-state index in [1.54, 1.807) is 22.5 Å². The van der Waals surface area contributed by atoms with Gasteiger partial charge >= 0.3 is 0 Å². The number of ether oxygens (including phenoxy) is 1. The second-order valence-corrected chi connectivity index (χ2v) is 8.23. The van der Waals surface area contributed by atoms with Crippen molar-refractivity contribution in [3.63, 3.8) is 0 Å². The average molecular weight is 393 g/mol. The lowest BCUT2D eigenvalue weighted by molar-refractivity contribution is -0.122. The molecule has 4 rings (SSSR count). The smallest absolute Gasteiger partial charge is 0.266 e. The predicted octanol–water partition coefficient (Wildman–Crippen LogP) is 2.24. The zero-order chi connectivity index (χ0) is 17.9. The molecular weight excluding hydrogens is 372 g/mol. The molecule has 2 aliphatic heterocycles. The normalized spacial score (nSPS) is 18.7. The first-order valence-electron chi connectivity index (χ1n) is 8.60. The molecule has 9 heteroatoms. The number of thiophene rings is 1. The standard InChI is InChI=1S/C17H20N4O3S2/c22-15(18-7-11-3-1-5-24-11)8-21-16(12-9-25-10-13(12)20-21)19-17(23)14-4-2-6-26-14/h2,4,6,11H,1,3,5,7-10H2,(H,18,22)(H,19,23). The molecule has 26 heavy (non-hydrogen) atoms. The van der Waals surface area contributed by atoms with Crippen molar-refractivity contribution in [1.29, 1.82) is 0 Å². The molecule has 7 nitrogen and oxygen atoms in total. The van der Waals surface area contributed by atoms with E-state index in [-0.39, 0.29) is 24.5 Å². The maximum atomic E-state index is 12.4. The van der Waals surface area contributed by atoms with E-state index >= 15 is 0 Å². The number of thioether (sulfide) groups is 1. The zero-order valence-corrected chi connectivity index (χ0v) is 15.8. The summed E-state index contributed by atoms with van der Waals surface area (Å²) in [6.45, 7) is 1.37. The Morgan fingerprint density at radius 1 is 1.38 bits per heavy atom. The number of hydrogen-bond acceptors (Lipinski definition) is 6. The van der Waals surface area contributed by atoms with E-state index in [4.69, 9.17) is 4.74 Å². The quantitative estimate of drug-likeness (QED) is 0.788. The first-order valence-corrected chi connectivity index (χ1v) is 10.6. The van der Waals surface area contributed by atoms with Gasteiger partial charge in [0.1, 0.15) is 12.4 Å². The molecule has 138 valence electrons. The summed E-state index contributed by atoms with van der Waals surface area (Å²) in [6, 6.07) is 3.62. The van der Waals surface area contributed by atoms with Gasteiger partial charge in [0.25, 0.3) is 5.91 Å². The third-order valence-electron chi connectivity index (χ3n) is 4.44. The number of carbonyl (C=O) groups is 2. The molecule has 1 atom stereocenters. The van der Waals surface area contributed by atoms with Crippen LogP contribution < -0.4 is 10.6 Å². The van der Waals surface area contributed by atoms with Crippen LogP contribution in [0.5, 0.6) is 0 Å². The summed E-state index contributed by atoms with van der Waals surface area (Å²) in [6.07, 6.45) is 2.13. The Bertz CT molecular complexity index is 797. The lowest BCUT2D eigenvalue weighted by Crippen LogP contribution is -2.34.